The minimum atomic E-state index is -0.517. The first-order valence-electron chi connectivity index (χ1n) is 12.7. The molecule has 0 radical (unpaired) electrons. The summed E-state index contributed by atoms with van der Waals surface area (Å²) in [6.45, 7) is 3.76. The summed E-state index contributed by atoms with van der Waals surface area (Å²) in [5.74, 6) is 1.18. The maximum Gasteiger partial charge on any atom is 0.308 e. The number of methoxy groups -OCH3 is 2. The number of hydrazone groups is 1. The lowest BCUT2D eigenvalue weighted by molar-refractivity contribution is -0.132. The second kappa shape index (κ2) is 14.4. The normalized spacial score (nSPS) is 10.9. The first-order chi connectivity index (χ1) is 20.3. The van der Waals surface area contributed by atoms with E-state index in [0.29, 0.717) is 28.2 Å². The van der Waals surface area contributed by atoms with E-state index >= 15 is 0 Å². The Kier molecular flexibility index (Phi) is 10.4. The predicted molar refractivity (Wildman–Crippen MR) is 160 cm³/mol. The van der Waals surface area contributed by atoms with Gasteiger partial charge in [-0.2, -0.15) is 5.10 Å². The summed E-state index contributed by atoms with van der Waals surface area (Å²) in [6.07, 6.45) is 1.42. The number of nitrogens with one attached hydrogen (secondary N) is 1. The van der Waals surface area contributed by atoms with Crippen LogP contribution in [-0.4, -0.2) is 59.4 Å². The Hall–Kier alpha value is -4.55. The van der Waals surface area contributed by atoms with Gasteiger partial charge in [-0.25, -0.2) is 5.43 Å². The first kappa shape index (κ1) is 30.4. The highest BCUT2D eigenvalue weighted by Gasteiger charge is 2.18. The van der Waals surface area contributed by atoms with Crippen molar-refractivity contribution in [2.75, 3.05) is 26.6 Å². The van der Waals surface area contributed by atoms with Gasteiger partial charge >= 0.3 is 5.97 Å². The Bertz CT molecular complexity index is 1550. The average molecular weight is 610 g/mol. The molecular weight excluding hydrogens is 582 g/mol. The SMILES string of the molecule is CCOc1ccc(-n2c(SCC(=O)NN=Cc3cc(OC)c(OC(C)=O)c(OC)c3)nnc2-c2ccc(Cl)cc2)cc1. The Morgan fingerprint density at radius 3 is 2.29 bits per heavy atom. The van der Waals surface area contributed by atoms with E-state index in [-0.39, 0.29) is 28.9 Å². The topological polar surface area (TPSA) is 126 Å². The lowest BCUT2D eigenvalue weighted by Crippen LogP contribution is -2.20. The Morgan fingerprint density at radius 2 is 1.69 bits per heavy atom. The highest BCUT2D eigenvalue weighted by molar-refractivity contribution is 7.99. The van der Waals surface area contributed by atoms with Gasteiger partial charge in [0.1, 0.15) is 5.75 Å². The van der Waals surface area contributed by atoms with Gasteiger partial charge in [0, 0.05) is 28.8 Å². The number of hydrogen-bond acceptors (Lipinski definition) is 10. The Labute approximate surface area is 251 Å². The van der Waals surface area contributed by atoms with Crippen molar-refractivity contribution < 1.29 is 28.5 Å². The molecule has 0 fully saturated rings. The van der Waals surface area contributed by atoms with Crippen LogP contribution in [0.4, 0.5) is 0 Å². The zero-order valence-electron chi connectivity index (χ0n) is 23.3. The maximum absolute atomic E-state index is 12.7. The third-order valence-electron chi connectivity index (χ3n) is 5.61. The summed E-state index contributed by atoms with van der Waals surface area (Å²) in [5.41, 5.74) is 4.67. The van der Waals surface area contributed by atoms with E-state index in [1.807, 2.05) is 47.9 Å². The van der Waals surface area contributed by atoms with Crippen LogP contribution in [0.3, 0.4) is 0 Å². The third kappa shape index (κ3) is 7.59. The molecule has 0 bridgehead atoms. The number of halogens is 1. The van der Waals surface area contributed by atoms with E-state index in [9.17, 15) is 9.59 Å². The van der Waals surface area contributed by atoms with Gasteiger partial charge in [0.05, 0.1) is 32.8 Å². The second-order valence-corrected chi connectivity index (χ2v) is 9.88. The molecular formula is C29H28ClN5O6S. The molecule has 42 heavy (non-hydrogen) atoms. The zero-order chi connectivity index (χ0) is 30.1. The molecule has 0 aliphatic rings. The van der Waals surface area contributed by atoms with E-state index in [4.69, 9.17) is 30.5 Å². The molecule has 1 heterocycles. The van der Waals surface area contributed by atoms with Gasteiger partial charge in [0.2, 0.25) is 5.75 Å². The van der Waals surface area contributed by atoms with Crippen LogP contribution >= 0.6 is 23.4 Å². The molecule has 1 N–H and O–H groups in total. The first-order valence-corrected chi connectivity index (χ1v) is 14.0. The molecule has 0 spiro atoms. The summed E-state index contributed by atoms with van der Waals surface area (Å²) in [5, 5.41) is 13.9. The lowest BCUT2D eigenvalue weighted by atomic mass is 10.2. The molecule has 0 aliphatic carbocycles. The van der Waals surface area contributed by atoms with Gasteiger partial charge in [-0.1, -0.05) is 23.4 Å². The van der Waals surface area contributed by atoms with Crippen molar-refractivity contribution in [3.8, 4) is 40.1 Å². The number of esters is 1. The summed E-state index contributed by atoms with van der Waals surface area (Å²) in [7, 11) is 2.87. The van der Waals surface area contributed by atoms with Crippen LogP contribution in [0, 0.1) is 0 Å². The largest absolute Gasteiger partial charge is 0.494 e. The number of rotatable bonds is 12. The smallest absolute Gasteiger partial charge is 0.308 e. The van der Waals surface area contributed by atoms with Crippen molar-refractivity contribution in [2.45, 2.75) is 19.0 Å². The lowest BCUT2D eigenvalue weighted by Gasteiger charge is -2.13. The van der Waals surface area contributed by atoms with Crippen LogP contribution in [0.25, 0.3) is 17.1 Å². The van der Waals surface area contributed by atoms with Crippen LogP contribution in [-0.2, 0) is 9.59 Å². The van der Waals surface area contributed by atoms with Crippen LogP contribution < -0.4 is 24.4 Å². The molecule has 218 valence electrons. The van der Waals surface area contributed by atoms with Crippen molar-refractivity contribution >= 4 is 41.5 Å². The highest BCUT2D eigenvalue weighted by Crippen LogP contribution is 2.38. The number of amides is 1. The van der Waals surface area contributed by atoms with Crippen molar-refractivity contribution in [2.24, 2.45) is 5.10 Å². The second-order valence-electron chi connectivity index (χ2n) is 8.51. The van der Waals surface area contributed by atoms with Crippen LogP contribution in [0.2, 0.25) is 5.02 Å². The minimum absolute atomic E-state index is 0.0190. The quantitative estimate of drug-likeness (QED) is 0.0761. The Balaban J connectivity index is 1.50. The van der Waals surface area contributed by atoms with Gasteiger partial charge in [-0.05, 0) is 67.6 Å². The highest BCUT2D eigenvalue weighted by atomic mass is 35.5. The molecule has 4 rings (SSSR count). The number of ether oxygens (including phenoxy) is 4. The third-order valence-corrected chi connectivity index (χ3v) is 6.79. The zero-order valence-corrected chi connectivity index (χ0v) is 24.9. The molecule has 4 aromatic rings. The monoisotopic (exact) mass is 609 g/mol. The number of carbonyl (C=O) groups excluding carboxylic acids is 2. The van der Waals surface area contributed by atoms with Crippen molar-refractivity contribution in [3.63, 3.8) is 0 Å². The molecule has 11 nitrogen and oxygen atoms in total. The van der Waals surface area contributed by atoms with Crippen molar-refractivity contribution in [1.82, 2.24) is 20.2 Å². The van der Waals surface area contributed by atoms with Gasteiger partial charge in [-0.3, -0.25) is 14.2 Å². The number of hydrogen-bond donors (Lipinski definition) is 1. The van der Waals surface area contributed by atoms with E-state index in [1.54, 1.807) is 24.3 Å². The fraction of sp³-hybridized carbons (Fsp3) is 0.207. The van der Waals surface area contributed by atoms with Gasteiger partial charge in [0.25, 0.3) is 5.91 Å². The number of thioether (sulfide) groups is 1. The van der Waals surface area contributed by atoms with Crippen LogP contribution in [0.1, 0.15) is 19.4 Å². The minimum Gasteiger partial charge on any atom is -0.494 e. The maximum atomic E-state index is 12.7. The molecule has 0 saturated heterocycles. The van der Waals surface area contributed by atoms with Gasteiger partial charge in [-0.15, -0.1) is 10.2 Å². The molecule has 0 saturated carbocycles. The standard InChI is InChI=1S/C29H28ClN5O6S/c1-5-40-23-12-10-22(11-13-23)35-28(20-6-8-21(30)9-7-20)33-34-29(35)42-17-26(37)32-31-16-19-14-24(38-3)27(41-18(2)36)25(15-19)39-4/h6-16H,5,17H2,1-4H3,(H,32,37). The number of carbonyl (C=O) groups is 2. The van der Waals surface area contributed by atoms with E-state index < -0.39 is 5.97 Å². The average Bonchev–Trinajstić information content (AvgIpc) is 3.41. The van der Waals surface area contributed by atoms with E-state index in [0.717, 1.165) is 17.0 Å². The van der Waals surface area contributed by atoms with E-state index in [2.05, 4.69) is 20.7 Å². The van der Waals surface area contributed by atoms with Crippen LogP contribution in [0.5, 0.6) is 23.0 Å². The molecule has 1 amide bonds. The number of aromatic nitrogens is 3. The fourth-order valence-corrected chi connectivity index (χ4v) is 4.67. The summed E-state index contributed by atoms with van der Waals surface area (Å²) < 4.78 is 23.3. The molecule has 0 unspecified atom stereocenters. The molecule has 1 aromatic heterocycles. The number of nitrogens with zero attached hydrogens (tertiary/aromatic N) is 4. The van der Waals surface area contributed by atoms with E-state index in [1.165, 1.54) is 39.1 Å². The van der Waals surface area contributed by atoms with Crippen molar-refractivity contribution in [3.05, 3.63) is 71.2 Å². The molecule has 0 aliphatic heterocycles. The molecule has 0 atom stereocenters. The van der Waals surface area contributed by atoms with Gasteiger partial charge in [0.15, 0.2) is 22.5 Å². The number of benzene rings is 3. The predicted octanol–water partition coefficient (Wildman–Crippen LogP) is 5.17. The molecule has 3 aromatic carbocycles. The van der Waals surface area contributed by atoms with Crippen molar-refractivity contribution in [1.29, 1.82) is 0 Å². The summed E-state index contributed by atoms with van der Waals surface area (Å²) in [4.78, 5) is 24.1. The fourth-order valence-electron chi connectivity index (χ4n) is 3.80. The van der Waals surface area contributed by atoms with Crippen LogP contribution in [0.15, 0.2) is 70.9 Å². The molecule has 13 heteroatoms. The summed E-state index contributed by atoms with van der Waals surface area (Å²) in [6, 6.07) is 18.0. The Morgan fingerprint density at radius 1 is 1.02 bits per heavy atom. The van der Waals surface area contributed by atoms with Gasteiger partial charge < -0.3 is 18.9 Å². The summed E-state index contributed by atoms with van der Waals surface area (Å²) >= 11 is 7.29.